The average molecular weight is 744 g/mol. The lowest BCUT2D eigenvalue weighted by Gasteiger charge is -2.16. The number of aromatic nitrogens is 3. The Balaban J connectivity index is 1.06. The minimum atomic E-state index is -0.0550. The molecule has 0 amide bonds. The van der Waals surface area contributed by atoms with Gasteiger partial charge in [-0.05, 0) is 86.3 Å². The van der Waals surface area contributed by atoms with Crippen molar-refractivity contribution >= 4 is 43.5 Å². The number of furan rings is 1. The molecule has 2 aromatic heterocycles. The smallest absolute Gasteiger partial charge is 0.164 e. The summed E-state index contributed by atoms with van der Waals surface area (Å²) in [5.74, 6) is 2.79. The van der Waals surface area contributed by atoms with Crippen molar-refractivity contribution in [3.8, 4) is 62.2 Å². The van der Waals surface area contributed by atoms with E-state index in [4.69, 9.17) is 24.1 Å². The quantitative estimate of drug-likeness (QED) is 0.176. The van der Waals surface area contributed by atoms with Crippen molar-refractivity contribution in [3.63, 3.8) is 0 Å². The van der Waals surface area contributed by atoms with E-state index in [9.17, 15) is 0 Å². The van der Waals surface area contributed by atoms with Crippen LogP contribution in [-0.4, -0.2) is 21.1 Å². The second-order valence-corrected chi connectivity index (χ2v) is 15.0. The summed E-state index contributed by atoms with van der Waals surface area (Å²) >= 11 is 0. The number of allylic oxidation sites excluding steroid dienone is 2. The van der Waals surface area contributed by atoms with E-state index < -0.39 is 0 Å². The van der Waals surface area contributed by atoms with Crippen LogP contribution in [0.1, 0.15) is 11.5 Å². The Hall–Kier alpha value is -7.63. The molecule has 5 heteroatoms. The van der Waals surface area contributed by atoms with Crippen molar-refractivity contribution < 1.29 is 9.15 Å². The second kappa shape index (κ2) is 13.0. The van der Waals surface area contributed by atoms with Crippen LogP contribution < -0.4 is 4.74 Å². The maximum atomic E-state index is 6.47. The lowest BCUT2D eigenvalue weighted by Crippen LogP contribution is -2.16. The summed E-state index contributed by atoms with van der Waals surface area (Å²) in [7, 11) is 0. The molecule has 3 heterocycles. The van der Waals surface area contributed by atoms with Crippen molar-refractivity contribution in [1.29, 1.82) is 0 Å². The molecule has 0 saturated heterocycles. The summed E-state index contributed by atoms with van der Waals surface area (Å²) in [5.41, 5.74) is 10.2. The van der Waals surface area contributed by atoms with Gasteiger partial charge in [0.25, 0.3) is 0 Å². The van der Waals surface area contributed by atoms with E-state index in [-0.39, 0.29) is 12.0 Å². The molecule has 0 saturated carbocycles. The maximum Gasteiger partial charge on any atom is 0.164 e. The highest BCUT2D eigenvalue weighted by atomic mass is 16.5. The van der Waals surface area contributed by atoms with Gasteiger partial charge < -0.3 is 9.15 Å². The van der Waals surface area contributed by atoms with Crippen LogP contribution in [0.2, 0.25) is 0 Å². The van der Waals surface area contributed by atoms with E-state index in [0.717, 1.165) is 82.8 Å². The topological polar surface area (TPSA) is 61.0 Å². The van der Waals surface area contributed by atoms with Gasteiger partial charge in [-0.15, -0.1) is 0 Å². The number of hydrogen-bond acceptors (Lipinski definition) is 5. The monoisotopic (exact) mass is 743 g/mol. The number of hydrogen-bond donors (Lipinski definition) is 0. The van der Waals surface area contributed by atoms with Crippen LogP contribution in [-0.2, 0) is 0 Å². The summed E-state index contributed by atoms with van der Waals surface area (Å²) in [5, 5.41) is 6.64. The Morgan fingerprint density at radius 2 is 1.12 bits per heavy atom. The van der Waals surface area contributed by atoms with E-state index in [1.807, 2.05) is 18.2 Å². The van der Waals surface area contributed by atoms with Crippen molar-refractivity contribution in [2.24, 2.45) is 0 Å². The third kappa shape index (κ3) is 5.21. The van der Waals surface area contributed by atoms with Crippen molar-refractivity contribution in [1.82, 2.24) is 15.0 Å². The number of nitrogens with zero attached hydrogens (tertiary/aromatic N) is 3. The van der Waals surface area contributed by atoms with Gasteiger partial charge >= 0.3 is 0 Å². The second-order valence-electron chi connectivity index (χ2n) is 15.0. The molecule has 58 heavy (non-hydrogen) atoms. The van der Waals surface area contributed by atoms with E-state index >= 15 is 0 Å². The first kappa shape index (κ1) is 32.6. The van der Waals surface area contributed by atoms with E-state index in [1.54, 1.807) is 0 Å². The molecule has 12 rings (SSSR count). The van der Waals surface area contributed by atoms with Crippen LogP contribution in [0.5, 0.6) is 5.75 Å². The van der Waals surface area contributed by atoms with Gasteiger partial charge in [-0.3, -0.25) is 0 Å². The van der Waals surface area contributed by atoms with Gasteiger partial charge in [0.05, 0.1) is 0 Å². The fourth-order valence-corrected chi connectivity index (χ4v) is 8.96. The molecule has 2 atom stereocenters. The van der Waals surface area contributed by atoms with Crippen LogP contribution in [0.4, 0.5) is 0 Å². The molecule has 10 aromatic rings. The highest BCUT2D eigenvalue weighted by Crippen LogP contribution is 2.47. The molecule has 5 nitrogen and oxygen atoms in total. The molecule has 0 N–H and O–H groups in total. The van der Waals surface area contributed by atoms with Gasteiger partial charge in [0.15, 0.2) is 17.5 Å². The van der Waals surface area contributed by atoms with Crippen LogP contribution >= 0.6 is 0 Å². The number of ether oxygens (including phenoxy) is 1. The lowest BCUT2D eigenvalue weighted by molar-refractivity contribution is 0.269. The molecule has 8 aromatic carbocycles. The van der Waals surface area contributed by atoms with Crippen LogP contribution in [0, 0.1) is 0 Å². The first-order valence-electron chi connectivity index (χ1n) is 19.7. The predicted molar refractivity (Wildman–Crippen MR) is 235 cm³/mol. The Bertz CT molecular complexity index is 3340. The summed E-state index contributed by atoms with van der Waals surface area (Å²) in [4.78, 5) is 15.8. The molecule has 2 unspecified atom stereocenters. The van der Waals surface area contributed by atoms with Crippen molar-refractivity contribution in [2.75, 3.05) is 0 Å². The van der Waals surface area contributed by atoms with Gasteiger partial charge in [0, 0.05) is 38.9 Å². The highest BCUT2D eigenvalue weighted by molar-refractivity contribution is 6.17. The zero-order chi connectivity index (χ0) is 38.2. The zero-order valence-corrected chi connectivity index (χ0v) is 31.2. The zero-order valence-electron chi connectivity index (χ0n) is 31.2. The van der Waals surface area contributed by atoms with E-state index in [2.05, 4.69) is 170 Å². The standard InChI is InChI=1S/C53H33N3O2/c1-2-12-32(13-3-1)35-26-29-46-44(31-35)49-40(19-10-22-47(49)58-46)39-27-28-41(38-17-7-6-16-37(38)39)52-54-51(36-25-24-33-14-4-5-15-34(33)30-36)55-53(56-52)43-20-11-23-48-50(43)42-18-8-9-21-45(42)57-48/h1-31,42,45H. The molecule has 1 aliphatic heterocycles. The molecule has 0 spiro atoms. The van der Waals surface area contributed by atoms with E-state index in [1.165, 1.54) is 10.9 Å². The molecule has 0 fully saturated rings. The molecule has 0 radical (unpaired) electrons. The lowest BCUT2D eigenvalue weighted by atomic mass is 9.88. The fourth-order valence-electron chi connectivity index (χ4n) is 8.96. The Labute approximate surface area is 334 Å². The number of benzene rings is 8. The maximum absolute atomic E-state index is 6.47. The van der Waals surface area contributed by atoms with Gasteiger partial charge in [-0.2, -0.15) is 0 Å². The summed E-state index contributed by atoms with van der Waals surface area (Å²) in [6.45, 7) is 0. The Kier molecular flexibility index (Phi) is 7.29. The first-order valence-corrected chi connectivity index (χ1v) is 19.7. The minimum absolute atomic E-state index is 0.0550. The van der Waals surface area contributed by atoms with Crippen LogP contribution in [0.15, 0.2) is 193 Å². The highest BCUT2D eigenvalue weighted by Gasteiger charge is 2.35. The van der Waals surface area contributed by atoms with Gasteiger partial charge in [-0.25, -0.2) is 15.0 Å². The summed E-state index contributed by atoms with van der Waals surface area (Å²) in [6.07, 6.45) is 8.43. The van der Waals surface area contributed by atoms with Gasteiger partial charge in [-0.1, -0.05) is 146 Å². The molecular formula is C53H33N3O2. The van der Waals surface area contributed by atoms with Gasteiger partial charge in [0.1, 0.15) is 23.0 Å². The fraction of sp³-hybridized carbons (Fsp3) is 0.0377. The van der Waals surface area contributed by atoms with Crippen molar-refractivity contribution in [3.05, 3.63) is 194 Å². The summed E-state index contributed by atoms with van der Waals surface area (Å²) in [6, 6.07) is 57.2. The Morgan fingerprint density at radius 3 is 2.02 bits per heavy atom. The predicted octanol–water partition coefficient (Wildman–Crippen LogP) is 13.4. The van der Waals surface area contributed by atoms with Crippen molar-refractivity contribution in [2.45, 2.75) is 12.0 Å². The molecular weight excluding hydrogens is 711 g/mol. The normalized spacial score (nSPS) is 15.6. The molecule has 0 bridgehead atoms. The first-order chi connectivity index (χ1) is 28.7. The van der Waals surface area contributed by atoms with E-state index in [0.29, 0.717) is 17.5 Å². The Morgan fingerprint density at radius 1 is 0.414 bits per heavy atom. The van der Waals surface area contributed by atoms with Gasteiger partial charge in [0.2, 0.25) is 0 Å². The molecule has 272 valence electrons. The average Bonchev–Trinajstić information content (AvgIpc) is 3.87. The largest absolute Gasteiger partial charge is 0.485 e. The number of fused-ring (bicyclic) bond motifs is 8. The minimum Gasteiger partial charge on any atom is -0.485 e. The molecule has 1 aliphatic carbocycles. The van der Waals surface area contributed by atoms with Crippen LogP contribution in [0.25, 0.3) is 99.9 Å². The third-order valence-electron chi connectivity index (χ3n) is 11.7. The molecule has 2 aliphatic rings. The summed E-state index contributed by atoms with van der Waals surface area (Å²) < 4.78 is 12.9. The van der Waals surface area contributed by atoms with Crippen LogP contribution in [0.3, 0.4) is 0 Å². The third-order valence-corrected chi connectivity index (χ3v) is 11.7. The number of rotatable bonds is 5. The SMILES string of the molecule is C1=CC2Oc3cccc(-c4nc(-c5ccc6ccccc6c5)nc(-c5ccc(-c6cccc7oc8ccc(-c9ccccc9)cc8c67)c6ccccc56)n4)c3C2C=C1.